The zero-order chi connectivity index (χ0) is 20.9. The Balaban J connectivity index is 1.43. The van der Waals surface area contributed by atoms with Gasteiger partial charge in [0.25, 0.3) is 5.91 Å². The highest BCUT2D eigenvalue weighted by Crippen LogP contribution is 2.16. The maximum absolute atomic E-state index is 12.5. The van der Waals surface area contributed by atoms with Gasteiger partial charge in [0, 0.05) is 31.7 Å². The number of hydrogen-bond acceptors (Lipinski definition) is 5. The fourth-order valence-corrected chi connectivity index (χ4v) is 3.63. The summed E-state index contributed by atoms with van der Waals surface area (Å²) < 4.78 is 12.2. The van der Waals surface area contributed by atoms with Gasteiger partial charge in [0.2, 0.25) is 0 Å². The van der Waals surface area contributed by atoms with Gasteiger partial charge >= 0.3 is 5.69 Å². The van der Waals surface area contributed by atoms with Crippen molar-refractivity contribution in [2.45, 2.75) is 6.54 Å². The van der Waals surface area contributed by atoms with Gasteiger partial charge in [-0.25, -0.2) is 4.79 Å². The molecule has 0 saturated carbocycles. The Labute approximate surface area is 174 Å². The quantitative estimate of drug-likeness (QED) is 0.616. The average Bonchev–Trinajstić information content (AvgIpc) is 3.09. The molecule has 0 atom stereocenters. The predicted octanol–water partition coefficient (Wildman–Crippen LogP) is 1.45. The van der Waals surface area contributed by atoms with Crippen LogP contribution in [-0.2, 0) is 11.3 Å². The lowest BCUT2D eigenvalue weighted by Crippen LogP contribution is -2.41. The number of ether oxygens (including phenoxy) is 2. The second-order valence-electron chi connectivity index (χ2n) is 7.31. The van der Waals surface area contributed by atoms with E-state index in [1.807, 2.05) is 30.3 Å². The average molecular weight is 410 g/mol. The van der Waals surface area contributed by atoms with Crippen molar-refractivity contribution in [1.82, 2.24) is 19.8 Å². The molecular formula is C22H26N4O4. The minimum Gasteiger partial charge on any atom is -0.497 e. The minimum atomic E-state index is -0.203. The van der Waals surface area contributed by atoms with Crippen LogP contribution in [0.2, 0.25) is 0 Å². The Kier molecular flexibility index (Phi) is 6.15. The van der Waals surface area contributed by atoms with Crippen molar-refractivity contribution < 1.29 is 14.3 Å². The molecule has 0 bridgehead atoms. The maximum Gasteiger partial charge on any atom is 0.326 e. The van der Waals surface area contributed by atoms with Gasteiger partial charge < -0.3 is 19.8 Å². The summed E-state index contributed by atoms with van der Waals surface area (Å²) in [5, 5.41) is 2.95. The Morgan fingerprint density at radius 2 is 1.93 bits per heavy atom. The van der Waals surface area contributed by atoms with Crippen LogP contribution in [0.5, 0.6) is 5.75 Å². The van der Waals surface area contributed by atoms with E-state index in [1.165, 1.54) is 0 Å². The second kappa shape index (κ2) is 9.15. The zero-order valence-corrected chi connectivity index (χ0v) is 17.0. The van der Waals surface area contributed by atoms with Crippen molar-refractivity contribution in [3.05, 3.63) is 64.1 Å². The molecule has 3 aromatic rings. The first-order chi connectivity index (χ1) is 14.6. The normalized spacial score (nSPS) is 14.7. The third-order valence-corrected chi connectivity index (χ3v) is 5.35. The molecule has 2 heterocycles. The van der Waals surface area contributed by atoms with Crippen molar-refractivity contribution in [1.29, 1.82) is 0 Å². The smallest absolute Gasteiger partial charge is 0.326 e. The summed E-state index contributed by atoms with van der Waals surface area (Å²) in [7, 11) is 1.62. The van der Waals surface area contributed by atoms with Gasteiger partial charge in [-0.05, 0) is 35.9 Å². The molecule has 2 aromatic carbocycles. The van der Waals surface area contributed by atoms with Crippen LogP contribution in [0, 0.1) is 0 Å². The van der Waals surface area contributed by atoms with Gasteiger partial charge in [-0.2, -0.15) is 0 Å². The summed E-state index contributed by atoms with van der Waals surface area (Å²) in [5.74, 6) is 0.628. The number of morpholine rings is 1. The maximum atomic E-state index is 12.5. The molecule has 1 aromatic heterocycles. The van der Waals surface area contributed by atoms with Crippen molar-refractivity contribution in [3.63, 3.8) is 0 Å². The van der Waals surface area contributed by atoms with Crippen molar-refractivity contribution in [3.8, 4) is 5.75 Å². The molecule has 2 N–H and O–H groups in total. The van der Waals surface area contributed by atoms with E-state index in [0.717, 1.165) is 49.7 Å². The number of aromatic amines is 1. The van der Waals surface area contributed by atoms with Crippen LogP contribution in [0.1, 0.15) is 15.9 Å². The third kappa shape index (κ3) is 4.55. The summed E-state index contributed by atoms with van der Waals surface area (Å²) in [5.41, 5.74) is 2.73. The molecule has 0 radical (unpaired) electrons. The number of methoxy groups -OCH3 is 1. The van der Waals surface area contributed by atoms with E-state index < -0.39 is 0 Å². The van der Waals surface area contributed by atoms with E-state index in [0.29, 0.717) is 24.2 Å². The number of hydrogen-bond donors (Lipinski definition) is 2. The molecule has 158 valence electrons. The lowest BCUT2D eigenvalue weighted by molar-refractivity contribution is 0.0383. The first kappa shape index (κ1) is 20.2. The fraction of sp³-hybridized carbons (Fsp3) is 0.364. The molecule has 30 heavy (non-hydrogen) atoms. The van der Waals surface area contributed by atoms with Crippen LogP contribution in [-0.4, -0.2) is 66.9 Å². The number of rotatable bonds is 7. The number of nitrogens with one attached hydrogen (secondary N) is 2. The van der Waals surface area contributed by atoms with Crippen LogP contribution in [0.25, 0.3) is 11.0 Å². The highest BCUT2D eigenvalue weighted by Gasteiger charge is 2.13. The molecule has 1 fully saturated rings. The van der Waals surface area contributed by atoms with Crippen LogP contribution < -0.4 is 15.7 Å². The van der Waals surface area contributed by atoms with E-state index in [1.54, 1.807) is 23.8 Å². The lowest BCUT2D eigenvalue weighted by atomic mass is 10.1. The van der Waals surface area contributed by atoms with Gasteiger partial charge in [0.1, 0.15) is 5.75 Å². The van der Waals surface area contributed by atoms with Crippen LogP contribution in [0.3, 0.4) is 0 Å². The SMILES string of the molecule is COc1ccc(Cn2c(=O)[nH]c3cc(C(=O)NCCN4CCOCC4)ccc32)cc1. The first-order valence-corrected chi connectivity index (χ1v) is 10.1. The Morgan fingerprint density at radius 1 is 1.17 bits per heavy atom. The third-order valence-electron chi connectivity index (χ3n) is 5.35. The number of carbonyl (C=O) groups is 1. The molecule has 1 amide bonds. The summed E-state index contributed by atoms with van der Waals surface area (Å²) in [6, 6.07) is 12.9. The molecule has 0 unspecified atom stereocenters. The summed E-state index contributed by atoms with van der Waals surface area (Å²) in [4.78, 5) is 30.1. The highest BCUT2D eigenvalue weighted by atomic mass is 16.5. The van der Waals surface area contributed by atoms with E-state index in [4.69, 9.17) is 9.47 Å². The number of carbonyl (C=O) groups excluding carboxylic acids is 1. The van der Waals surface area contributed by atoms with Crippen LogP contribution in [0.4, 0.5) is 0 Å². The van der Waals surface area contributed by atoms with Gasteiger partial charge in [0.15, 0.2) is 0 Å². The summed E-state index contributed by atoms with van der Waals surface area (Å²) in [6.45, 7) is 5.08. The number of benzene rings is 2. The monoisotopic (exact) mass is 410 g/mol. The van der Waals surface area contributed by atoms with Crippen molar-refractivity contribution in [2.24, 2.45) is 0 Å². The Bertz CT molecular complexity index is 1060. The molecule has 8 heteroatoms. The molecule has 1 aliphatic rings. The predicted molar refractivity (Wildman–Crippen MR) is 114 cm³/mol. The molecule has 0 aliphatic carbocycles. The van der Waals surface area contributed by atoms with Crippen LogP contribution >= 0.6 is 0 Å². The second-order valence-corrected chi connectivity index (χ2v) is 7.31. The summed E-state index contributed by atoms with van der Waals surface area (Å²) in [6.07, 6.45) is 0. The van der Waals surface area contributed by atoms with E-state index >= 15 is 0 Å². The van der Waals surface area contributed by atoms with Crippen molar-refractivity contribution in [2.75, 3.05) is 46.5 Å². The number of fused-ring (bicyclic) bond motifs is 1. The van der Waals surface area contributed by atoms with Gasteiger partial charge in [-0.1, -0.05) is 12.1 Å². The lowest BCUT2D eigenvalue weighted by Gasteiger charge is -2.26. The molecule has 4 rings (SSSR count). The highest BCUT2D eigenvalue weighted by molar-refractivity contribution is 5.97. The number of aromatic nitrogens is 2. The molecule has 0 spiro atoms. The standard InChI is InChI=1S/C22H26N4O4/c1-29-18-5-2-16(3-6-18)15-26-20-7-4-17(14-19(20)24-22(26)28)21(27)23-8-9-25-10-12-30-13-11-25/h2-7,14H,8-13,15H2,1H3,(H,23,27)(H,24,28). The van der Waals surface area contributed by atoms with E-state index in [9.17, 15) is 9.59 Å². The molecule has 1 aliphatic heterocycles. The molecular weight excluding hydrogens is 384 g/mol. The van der Waals surface area contributed by atoms with E-state index in [2.05, 4.69) is 15.2 Å². The summed E-state index contributed by atoms with van der Waals surface area (Å²) >= 11 is 0. The topological polar surface area (TPSA) is 88.6 Å². The van der Waals surface area contributed by atoms with Crippen LogP contribution in [0.15, 0.2) is 47.3 Å². The van der Waals surface area contributed by atoms with Crippen molar-refractivity contribution >= 4 is 16.9 Å². The number of amides is 1. The first-order valence-electron chi connectivity index (χ1n) is 10.1. The van der Waals surface area contributed by atoms with Gasteiger partial charge in [-0.15, -0.1) is 0 Å². The number of H-pyrrole nitrogens is 1. The van der Waals surface area contributed by atoms with Gasteiger partial charge in [0.05, 0.1) is 37.9 Å². The Morgan fingerprint density at radius 3 is 2.67 bits per heavy atom. The minimum absolute atomic E-state index is 0.145. The molecule has 1 saturated heterocycles. The zero-order valence-electron chi connectivity index (χ0n) is 17.0. The van der Waals surface area contributed by atoms with E-state index in [-0.39, 0.29) is 11.6 Å². The number of nitrogens with zero attached hydrogens (tertiary/aromatic N) is 2. The molecule has 8 nitrogen and oxygen atoms in total. The Hall–Kier alpha value is -3.10. The largest absolute Gasteiger partial charge is 0.497 e. The fourth-order valence-electron chi connectivity index (χ4n) is 3.63. The van der Waals surface area contributed by atoms with Gasteiger partial charge in [-0.3, -0.25) is 14.3 Å². The number of imidazole rings is 1.